The number of hydrogen-bond acceptors (Lipinski definition) is 3. The zero-order chi connectivity index (χ0) is 9.84. The van der Waals surface area contributed by atoms with Gasteiger partial charge in [-0.2, -0.15) is 0 Å². The van der Waals surface area contributed by atoms with Crippen LogP contribution in [0.15, 0.2) is 18.2 Å². The third-order valence-corrected chi connectivity index (χ3v) is 1.67. The van der Waals surface area contributed by atoms with Gasteiger partial charge in [0.2, 0.25) is 0 Å². The maximum atomic E-state index is 10.2. The van der Waals surface area contributed by atoms with E-state index in [9.17, 15) is 9.90 Å². The van der Waals surface area contributed by atoms with Crippen LogP contribution in [0.2, 0.25) is 0 Å². The van der Waals surface area contributed by atoms with Crippen molar-refractivity contribution in [1.29, 1.82) is 0 Å². The quantitative estimate of drug-likeness (QED) is 0.612. The minimum absolute atomic E-state index is 0.0130. The summed E-state index contributed by atoms with van der Waals surface area (Å²) in [6.45, 7) is 0. The van der Waals surface area contributed by atoms with Crippen molar-refractivity contribution in [3.8, 4) is 11.5 Å². The highest BCUT2D eigenvalue weighted by molar-refractivity contribution is 5.67. The molecule has 4 heteroatoms. The average Bonchev–Trinajstić information content (AvgIpc) is 2.06. The normalized spacial score (nSPS) is 9.85. The maximum Gasteiger partial charge on any atom is 0.303 e. The van der Waals surface area contributed by atoms with E-state index in [0.717, 1.165) is 0 Å². The third-order valence-electron chi connectivity index (χ3n) is 1.67. The summed E-state index contributed by atoms with van der Waals surface area (Å²) in [6, 6.07) is 4.05. The molecule has 0 fully saturated rings. The predicted molar refractivity (Wildman–Crippen MR) is 45.7 cm³/mol. The number of aliphatic carboxylic acids is 1. The molecule has 0 atom stereocenters. The topological polar surface area (TPSA) is 77.8 Å². The van der Waals surface area contributed by atoms with E-state index >= 15 is 0 Å². The Labute approximate surface area is 75.1 Å². The first-order chi connectivity index (χ1) is 6.09. The van der Waals surface area contributed by atoms with Crippen molar-refractivity contribution in [3.05, 3.63) is 23.8 Å². The van der Waals surface area contributed by atoms with Crippen LogP contribution in [-0.4, -0.2) is 21.3 Å². The first-order valence-electron chi connectivity index (χ1n) is 3.82. The van der Waals surface area contributed by atoms with E-state index in [0.29, 0.717) is 5.56 Å². The largest absolute Gasteiger partial charge is 0.508 e. The highest BCUT2D eigenvalue weighted by atomic mass is 16.4. The minimum Gasteiger partial charge on any atom is -0.508 e. The zero-order valence-corrected chi connectivity index (χ0v) is 6.90. The van der Waals surface area contributed by atoms with E-state index in [1.165, 1.54) is 18.2 Å². The van der Waals surface area contributed by atoms with E-state index in [1.807, 2.05) is 0 Å². The maximum absolute atomic E-state index is 10.2. The van der Waals surface area contributed by atoms with Gasteiger partial charge >= 0.3 is 5.97 Å². The summed E-state index contributed by atoms with van der Waals surface area (Å²) in [5.74, 6) is -0.889. The van der Waals surface area contributed by atoms with E-state index in [4.69, 9.17) is 10.2 Å². The van der Waals surface area contributed by atoms with Crippen LogP contribution in [0.1, 0.15) is 12.0 Å². The Morgan fingerprint density at radius 2 is 2.00 bits per heavy atom. The molecule has 0 bridgehead atoms. The molecule has 0 radical (unpaired) electrons. The molecule has 1 aromatic carbocycles. The lowest BCUT2D eigenvalue weighted by molar-refractivity contribution is -0.136. The van der Waals surface area contributed by atoms with Gasteiger partial charge in [-0.05, 0) is 30.2 Å². The molecule has 0 aliphatic heterocycles. The first-order valence-corrected chi connectivity index (χ1v) is 3.82. The summed E-state index contributed by atoms with van der Waals surface area (Å²) in [4.78, 5) is 10.2. The van der Waals surface area contributed by atoms with Gasteiger partial charge in [-0.15, -0.1) is 0 Å². The van der Waals surface area contributed by atoms with Crippen molar-refractivity contribution in [2.24, 2.45) is 0 Å². The van der Waals surface area contributed by atoms with Crippen molar-refractivity contribution in [1.82, 2.24) is 0 Å². The van der Waals surface area contributed by atoms with Crippen LogP contribution in [0, 0.1) is 0 Å². The molecule has 0 aliphatic rings. The number of benzene rings is 1. The molecule has 0 heterocycles. The fourth-order valence-electron chi connectivity index (χ4n) is 1.01. The lowest BCUT2D eigenvalue weighted by atomic mass is 10.1. The highest BCUT2D eigenvalue weighted by Gasteiger charge is 2.04. The molecule has 1 aromatic rings. The Bertz CT molecular complexity index is 319. The molecule has 0 spiro atoms. The summed E-state index contributed by atoms with van der Waals surface area (Å²) < 4.78 is 0. The zero-order valence-electron chi connectivity index (χ0n) is 6.90. The second-order valence-corrected chi connectivity index (χ2v) is 2.71. The van der Waals surface area contributed by atoms with Gasteiger partial charge in [-0.1, -0.05) is 0 Å². The van der Waals surface area contributed by atoms with Gasteiger partial charge in [0, 0.05) is 6.42 Å². The van der Waals surface area contributed by atoms with Crippen molar-refractivity contribution < 1.29 is 20.1 Å². The van der Waals surface area contributed by atoms with Crippen molar-refractivity contribution in [2.75, 3.05) is 0 Å². The fraction of sp³-hybridized carbons (Fsp3) is 0.222. The van der Waals surface area contributed by atoms with Gasteiger partial charge in [-0.25, -0.2) is 0 Å². The lowest BCUT2D eigenvalue weighted by Gasteiger charge is -2.02. The number of aryl methyl sites for hydroxylation is 1. The molecule has 0 aliphatic carbocycles. The Balaban J connectivity index is 2.75. The van der Waals surface area contributed by atoms with Gasteiger partial charge in [0.25, 0.3) is 0 Å². The van der Waals surface area contributed by atoms with Gasteiger partial charge in [-0.3, -0.25) is 4.79 Å². The van der Waals surface area contributed by atoms with Crippen LogP contribution < -0.4 is 0 Å². The number of carboxylic acid groups (broad SMARTS) is 1. The Hall–Kier alpha value is -1.71. The van der Waals surface area contributed by atoms with Crippen LogP contribution in [-0.2, 0) is 11.2 Å². The van der Waals surface area contributed by atoms with Gasteiger partial charge in [0.05, 0.1) is 0 Å². The molecule has 0 aromatic heterocycles. The summed E-state index contributed by atoms with van der Waals surface area (Å²) in [6.07, 6.45) is 0.159. The second-order valence-electron chi connectivity index (χ2n) is 2.71. The molecular weight excluding hydrogens is 172 g/mol. The van der Waals surface area contributed by atoms with E-state index in [1.54, 1.807) is 0 Å². The van der Waals surface area contributed by atoms with Gasteiger partial charge < -0.3 is 15.3 Å². The summed E-state index contributed by atoms with van der Waals surface area (Å²) in [5.41, 5.74) is 0.447. The van der Waals surface area contributed by atoms with E-state index in [2.05, 4.69) is 0 Å². The Morgan fingerprint density at radius 3 is 2.62 bits per heavy atom. The number of carboxylic acids is 1. The molecule has 0 saturated carbocycles. The van der Waals surface area contributed by atoms with Crippen molar-refractivity contribution in [3.63, 3.8) is 0 Å². The number of phenolic OH excluding ortho intramolecular Hbond substituents is 2. The van der Waals surface area contributed by atoms with Crippen LogP contribution in [0.3, 0.4) is 0 Å². The monoisotopic (exact) mass is 182 g/mol. The number of aromatic hydroxyl groups is 2. The summed E-state index contributed by atoms with van der Waals surface area (Å²) in [5, 5.41) is 26.7. The molecule has 3 N–H and O–H groups in total. The number of rotatable bonds is 3. The molecule has 0 amide bonds. The molecule has 70 valence electrons. The SMILES string of the molecule is O=C(O)CCc1cc(O)ccc1O. The Morgan fingerprint density at radius 1 is 1.31 bits per heavy atom. The lowest BCUT2D eigenvalue weighted by Crippen LogP contribution is -1.97. The van der Waals surface area contributed by atoms with Crippen LogP contribution >= 0.6 is 0 Å². The molecule has 0 saturated heterocycles. The Kier molecular flexibility index (Phi) is 2.74. The van der Waals surface area contributed by atoms with Crippen molar-refractivity contribution >= 4 is 5.97 Å². The summed E-state index contributed by atoms with van der Waals surface area (Å²) in [7, 11) is 0. The molecule has 1 rings (SSSR count). The fourth-order valence-corrected chi connectivity index (χ4v) is 1.01. The first kappa shape index (κ1) is 9.38. The van der Waals surface area contributed by atoms with Gasteiger partial charge in [0.15, 0.2) is 0 Å². The van der Waals surface area contributed by atoms with E-state index < -0.39 is 5.97 Å². The predicted octanol–water partition coefficient (Wildman–Crippen LogP) is 1.11. The van der Waals surface area contributed by atoms with Crippen LogP contribution in [0.4, 0.5) is 0 Å². The van der Waals surface area contributed by atoms with E-state index in [-0.39, 0.29) is 24.3 Å². The second kappa shape index (κ2) is 3.80. The van der Waals surface area contributed by atoms with Crippen molar-refractivity contribution in [2.45, 2.75) is 12.8 Å². The number of phenols is 2. The standard InChI is InChI=1S/C9H10O4/c10-7-2-3-8(11)6(5-7)1-4-9(12)13/h2-3,5,10-11H,1,4H2,(H,12,13). The number of carbonyl (C=O) groups is 1. The highest BCUT2D eigenvalue weighted by Crippen LogP contribution is 2.22. The molecule has 0 unspecified atom stereocenters. The molecule has 4 nitrogen and oxygen atoms in total. The van der Waals surface area contributed by atoms with Crippen LogP contribution in [0.25, 0.3) is 0 Å². The van der Waals surface area contributed by atoms with Crippen LogP contribution in [0.5, 0.6) is 11.5 Å². The smallest absolute Gasteiger partial charge is 0.303 e. The minimum atomic E-state index is -0.928. The summed E-state index contributed by atoms with van der Waals surface area (Å²) >= 11 is 0. The van der Waals surface area contributed by atoms with Gasteiger partial charge in [0.1, 0.15) is 11.5 Å². The molecule has 13 heavy (non-hydrogen) atoms. The molecular formula is C9H10O4. The third kappa shape index (κ3) is 2.66. The number of hydrogen-bond donors (Lipinski definition) is 3. The average molecular weight is 182 g/mol.